The van der Waals surface area contributed by atoms with E-state index in [1.54, 1.807) is 0 Å². The average molecular weight is 186 g/mol. The van der Waals surface area contributed by atoms with Gasteiger partial charge in [-0.3, -0.25) is 0 Å². The molecule has 2 aliphatic heterocycles. The van der Waals surface area contributed by atoms with Gasteiger partial charge in [-0.05, 0) is 39.5 Å². The highest BCUT2D eigenvalue weighted by atomic mass is 16.5. The molecule has 13 heavy (non-hydrogen) atoms. The van der Waals surface area contributed by atoms with Gasteiger partial charge in [0.05, 0.1) is 19.3 Å². The van der Waals surface area contributed by atoms with Crippen LogP contribution in [0, 0.1) is 0 Å². The van der Waals surface area contributed by atoms with E-state index in [2.05, 4.69) is 17.1 Å². The van der Waals surface area contributed by atoms with Crippen LogP contribution in [0.25, 0.3) is 0 Å². The van der Waals surface area contributed by atoms with Gasteiger partial charge in [0.15, 0.2) is 0 Å². The van der Waals surface area contributed by atoms with Crippen LogP contribution in [0.2, 0.25) is 0 Å². The molecule has 2 aliphatic rings. The zero-order valence-corrected chi connectivity index (χ0v) is 8.88. The lowest BCUT2D eigenvalue weighted by atomic mass is 10.3. The second kappa shape index (κ2) is 6.35. The summed E-state index contributed by atoms with van der Waals surface area (Å²) in [6, 6.07) is 0.644. The maximum atomic E-state index is 4.86. The molecule has 0 atom stereocenters. The molecule has 0 bridgehead atoms. The number of ether oxygens (including phenoxy) is 1. The lowest BCUT2D eigenvalue weighted by Crippen LogP contribution is -2.43. The van der Waals surface area contributed by atoms with E-state index in [1.807, 2.05) is 7.05 Å². The van der Waals surface area contributed by atoms with Crippen molar-refractivity contribution >= 4 is 0 Å². The number of nitrogens with one attached hydrogen (secondary N) is 1. The summed E-state index contributed by atoms with van der Waals surface area (Å²) in [6.07, 6.45) is 2.85. The van der Waals surface area contributed by atoms with Crippen molar-refractivity contribution in [1.29, 1.82) is 0 Å². The summed E-state index contributed by atoms with van der Waals surface area (Å²) in [7, 11) is 1.95. The van der Waals surface area contributed by atoms with Crippen molar-refractivity contribution < 1.29 is 4.74 Å². The molecule has 3 nitrogen and oxygen atoms in total. The van der Waals surface area contributed by atoms with Crippen molar-refractivity contribution in [3.63, 3.8) is 0 Å². The van der Waals surface area contributed by atoms with Crippen molar-refractivity contribution in [3.05, 3.63) is 0 Å². The monoisotopic (exact) mass is 186 g/mol. The van der Waals surface area contributed by atoms with Crippen LogP contribution in [0.4, 0.5) is 0 Å². The molecule has 0 aromatic carbocycles. The summed E-state index contributed by atoms with van der Waals surface area (Å²) in [4.78, 5) is 2.49. The minimum absolute atomic E-state index is 0.644. The summed E-state index contributed by atoms with van der Waals surface area (Å²) >= 11 is 0. The van der Waals surface area contributed by atoms with E-state index in [9.17, 15) is 0 Å². The van der Waals surface area contributed by atoms with Crippen LogP contribution in [0.3, 0.4) is 0 Å². The molecule has 3 heteroatoms. The van der Waals surface area contributed by atoms with Crippen LogP contribution in [0.5, 0.6) is 0 Å². The van der Waals surface area contributed by atoms with Crippen molar-refractivity contribution in [3.8, 4) is 0 Å². The zero-order chi connectivity index (χ0) is 9.52. The second-order valence-electron chi connectivity index (χ2n) is 3.66. The normalized spacial score (nSPS) is 23.5. The molecule has 0 aromatic rings. The maximum absolute atomic E-state index is 4.86. The molecule has 2 saturated heterocycles. The minimum atomic E-state index is 0.644. The van der Waals surface area contributed by atoms with Crippen LogP contribution in [-0.2, 0) is 4.74 Å². The predicted octanol–water partition coefficient (Wildman–Crippen LogP) is 0.707. The number of hydrogen-bond donors (Lipinski definition) is 1. The first-order valence-corrected chi connectivity index (χ1v) is 5.34. The van der Waals surface area contributed by atoms with E-state index in [-0.39, 0.29) is 0 Å². The first-order chi connectivity index (χ1) is 6.36. The fourth-order valence-corrected chi connectivity index (χ4v) is 1.50. The van der Waals surface area contributed by atoms with Crippen LogP contribution >= 0.6 is 0 Å². The molecular formula is C10H22N2O. The first kappa shape index (κ1) is 11.0. The summed E-state index contributed by atoms with van der Waals surface area (Å²) in [5.41, 5.74) is 0. The van der Waals surface area contributed by atoms with Crippen molar-refractivity contribution in [1.82, 2.24) is 10.2 Å². The van der Waals surface area contributed by atoms with Gasteiger partial charge in [0.2, 0.25) is 0 Å². The molecule has 78 valence electrons. The summed E-state index contributed by atoms with van der Waals surface area (Å²) < 4.78 is 4.86. The number of likely N-dealkylation sites (N-methyl/N-ethyl adjacent to an activating group) is 1. The summed E-state index contributed by atoms with van der Waals surface area (Å²) in [6.45, 7) is 7.96. The predicted molar refractivity (Wildman–Crippen MR) is 55.0 cm³/mol. The standard InChI is InChI=1S/C6H13N.C4H9NO/c1-2-7-5-3-4-6-7;1-5-4-2-6-3-4/h2-6H2,1H3;4-5H,2-3H2,1H3. The molecule has 0 aromatic heterocycles. The molecule has 0 aliphatic carbocycles. The van der Waals surface area contributed by atoms with E-state index in [1.165, 1.54) is 32.5 Å². The van der Waals surface area contributed by atoms with Crippen molar-refractivity contribution in [2.75, 3.05) is 39.9 Å². The van der Waals surface area contributed by atoms with E-state index in [4.69, 9.17) is 4.74 Å². The van der Waals surface area contributed by atoms with E-state index in [0.717, 1.165) is 13.2 Å². The highest BCUT2D eigenvalue weighted by Gasteiger charge is 2.13. The molecule has 1 N–H and O–H groups in total. The Balaban J connectivity index is 0.000000132. The van der Waals surface area contributed by atoms with Crippen LogP contribution in [0.1, 0.15) is 19.8 Å². The maximum Gasteiger partial charge on any atom is 0.0642 e. The first-order valence-electron chi connectivity index (χ1n) is 5.34. The third-order valence-corrected chi connectivity index (χ3v) is 2.69. The number of nitrogens with zero attached hydrogens (tertiary/aromatic N) is 1. The molecule has 0 amide bonds. The van der Waals surface area contributed by atoms with E-state index < -0.39 is 0 Å². The Morgan fingerprint density at radius 1 is 1.31 bits per heavy atom. The number of hydrogen-bond acceptors (Lipinski definition) is 3. The fraction of sp³-hybridized carbons (Fsp3) is 1.00. The van der Waals surface area contributed by atoms with Crippen molar-refractivity contribution in [2.24, 2.45) is 0 Å². The second-order valence-corrected chi connectivity index (χ2v) is 3.66. The van der Waals surface area contributed by atoms with Gasteiger partial charge in [-0.2, -0.15) is 0 Å². The van der Waals surface area contributed by atoms with Gasteiger partial charge in [0.1, 0.15) is 0 Å². The fourth-order valence-electron chi connectivity index (χ4n) is 1.50. The number of likely N-dealkylation sites (tertiary alicyclic amines) is 1. The molecule has 0 unspecified atom stereocenters. The molecular weight excluding hydrogens is 164 g/mol. The van der Waals surface area contributed by atoms with Crippen LogP contribution in [-0.4, -0.2) is 50.8 Å². The topological polar surface area (TPSA) is 24.5 Å². The average Bonchev–Trinajstić information content (AvgIpc) is 2.54. The minimum Gasteiger partial charge on any atom is -0.378 e. The quantitative estimate of drug-likeness (QED) is 0.687. The Morgan fingerprint density at radius 3 is 2.08 bits per heavy atom. The van der Waals surface area contributed by atoms with Gasteiger partial charge < -0.3 is 15.0 Å². The Morgan fingerprint density at radius 2 is 1.92 bits per heavy atom. The van der Waals surface area contributed by atoms with Crippen LogP contribution < -0.4 is 5.32 Å². The third kappa shape index (κ3) is 4.07. The van der Waals surface area contributed by atoms with Gasteiger partial charge in [-0.15, -0.1) is 0 Å². The molecule has 0 radical (unpaired) electrons. The lowest BCUT2D eigenvalue weighted by Gasteiger charge is -2.24. The Hall–Kier alpha value is -0.120. The third-order valence-electron chi connectivity index (χ3n) is 2.69. The Kier molecular flexibility index (Phi) is 5.35. The van der Waals surface area contributed by atoms with E-state index in [0.29, 0.717) is 6.04 Å². The SMILES string of the molecule is CCN1CCCC1.CNC1COC1. The Labute approximate surface area is 81.4 Å². The van der Waals surface area contributed by atoms with Crippen LogP contribution in [0.15, 0.2) is 0 Å². The summed E-state index contributed by atoms with van der Waals surface area (Å²) in [5, 5.41) is 3.08. The molecule has 2 rings (SSSR count). The van der Waals surface area contributed by atoms with Gasteiger partial charge in [0.25, 0.3) is 0 Å². The molecule has 0 spiro atoms. The van der Waals surface area contributed by atoms with Gasteiger partial charge in [-0.1, -0.05) is 6.92 Å². The lowest BCUT2D eigenvalue weighted by molar-refractivity contribution is -0.00169. The highest BCUT2D eigenvalue weighted by Crippen LogP contribution is 2.04. The van der Waals surface area contributed by atoms with Gasteiger partial charge >= 0.3 is 0 Å². The summed E-state index contributed by atoms with van der Waals surface area (Å²) in [5.74, 6) is 0. The van der Waals surface area contributed by atoms with Gasteiger partial charge in [0, 0.05) is 0 Å². The molecule has 2 heterocycles. The molecule has 0 saturated carbocycles. The smallest absolute Gasteiger partial charge is 0.0642 e. The zero-order valence-electron chi connectivity index (χ0n) is 8.88. The molecule has 2 fully saturated rings. The Bertz CT molecular complexity index is 117. The van der Waals surface area contributed by atoms with E-state index >= 15 is 0 Å². The number of rotatable bonds is 2. The van der Waals surface area contributed by atoms with Crippen molar-refractivity contribution in [2.45, 2.75) is 25.8 Å². The largest absolute Gasteiger partial charge is 0.378 e. The van der Waals surface area contributed by atoms with Gasteiger partial charge in [-0.25, -0.2) is 0 Å². The highest BCUT2D eigenvalue weighted by molar-refractivity contribution is 4.69.